The Morgan fingerprint density at radius 2 is 2.05 bits per heavy atom. The minimum atomic E-state index is -0.454. The lowest BCUT2D eigenvalue weighted by Gasteiger charge is -2.06. The molecule has 2 heterocycles. The Hall–Kier alpha value is -3.10. The number of aromatic nitrogens is 5. The van der Waals surface area contributed by atoms with Crippen molar-refractivity contribution in [2.45, 2.75) is 0 Å². The molecule has 8 nitrogen and oxygen atoms in total. The minimum Gasteiger partial charge on any atom is -0.379 e. The molecule has 0 bridgehead atoms. The first-order valence-corrected chi connectivity index (χ1v) is 5.52. The van der Waals surface area contributed by atoms with E-state index in [2.05, 4.69) is 35.2 Å². The van der Waals surface area contributed by atoms with E-state index in [4.69, 9.17) is 5.73 Å². The van der Waals surface area contributed by atoms with Gasteiger partial charge in [0.2, 0.25) is 6.39 Å². The Labute approximate surface area is 111 Å². The molecule has 9 heteroatoms. The lowest BCUT2D eigenvalue weighted by molar-refractivity contribution is 0.419. The van der Waals surface area contributed by atoms with Crippen LogP contribution in [0.4, 0.5) is 22.0 Å². The van der Waals surface area contributed by atoms with Gasteiger partial charge in [0, 0.05) is 0 Å². The van der Waals surface area contributed by atoms with Crippen molar-refractivity contribution in [1.29, 1.82) is 0 Å². The first-order chi connectivity index (χ1) is 9.74. The van der Waals surface area contributed by atoms with Crippen molar-refractivity contribution in [3.05, 3.63) is 36.5 Å². The van der Waals surface area contributed by atoms with Crippen molar-refractivity contribution in [2.75, 3.05) is 11.1 Å². The van der Waals surface area contributed by atoms with Gasteiger partial charge in [0.1, 0.15) is 5.82 Å². The molecule has 0 aliphatic rings. The molecule has 3 aromatic rings. The van der Waals surface area contributed by atoms with Crippen LogP contribution in [0.5, 0.6) is 0 Å². The summed E-state index contributed by atoms with van der Waals surface area (Å²) < 4.78 is 18.3. The normalized spacial score (nSPS) is 10.4. The molecule has 0 fully saturated rings. The molecule has 0 saturated carbocycles. The van der Waals surface area contributed by atoms with Gasteiger partial charge in [-0.05, 0) is 17.3 Å². The van der Waals surface area contributed by atoms with Gasteiger partial charge >= 0.3 is 0 Å². The van der Waals surface area contributed by atoms with Crippen LogP contribution in [0.2, 0.25) is 0 Å². The molecule has 3 N–H and O–H groups in total. The zero-order chi connectivity index (χ0) is 13.9. The average molecular weight is 273 g/mol. The lowest BCUT2D eigenvalue weighted by atomic mass is 10.2. The van der Waals surface area contributed by atoms with Crippen molar-refractivity contribution in [1.82, 2.24) is 25.3 Å². The Morgan fingerprint density at radius 3 is 2.80 bits per heavy atom. The molecule has 20 heavy (non-hydrogen) atoms. The summed E-state index contributed by atoms with van der Waals surface area (Å²) in [5, 5.41) is 13.8. The van der Waals surface area contributed by atoms with E-state index in [9.17, 15) is 4.39 Å². The molecule has 0 atom stereocenters. The Balaban J connectivity index is 2.00. The maximum atomic E-state index is 13.7. The zero-order valence-corrected chi connectivity index (χ0v) is 9.99. The first kappa shape index (κ1) is 12.0. The summed E-state index contributed by atoms with van der Waals surface area (Å²) in [6, 6.07) is 6.09. The van der Waals surface area contributed by atoms with Gasteiger partial charge in [-0.25, -0.2) is 9.37 Å². The minimum absolute atomic E-state index is 0.0369. The molecule has 0 unspecified atom stereocenters. The van der Waals surface area contributed by atoms with Gasteiger partial charge in [-0.2, -0.15) is 4.98 Å². The number of nitrogen functional groups attached to an aromatic ring is 1. The summed E-state index contributed by atoms with van der Waals surface area (Å²) in [5.41, 5.74) is 5.86. The maximum absolute atomic E-state index is 13.7. The Bertz CT molecular complexity index is 731. The van der Waals surface area contributed by atoms with E-state index in [-0.39, 0.29) is 29.0 Å². The van der Waals surface area contributed by atoms with E-state index in [0.29, 0.717) is 0 Å². The van der Waals surface area contributed by atoms with Crippen LogP contribution < -0.4 is 11.1 Å². The van der Waals surface area contributed by atoms with Crippen LogP contribution in [0, 0.1) is 5.82 Å². The smallest absolute Gasteiger partial charge is 0.268 e. The summed E-state index contributed by atoms with van der Waals surface area (Å²) >= 11 is 0. The van der Waals surface area contributed by atoms with Crippen LogP contribution in [0.25, 0.3) is 11.4 Å². The standard InChI is InChI=1S/C11H8FN7O/c12-7-4-2-1-3-6(7)9-15-10(8(13)17-18-9)16-11-14-5-20-19-11/h1-5H,(H2,13,17)(H,15,16,18,19). The van der Waals surface area contributed by atoms with E-state index < -0.39 is 5.82 Å². The molecule has 0 radical (unpaired) electrons. The SMILES string of the molecule is Nc1nnc(-c2ccccc2F)nc1Nc1ncon1. The van der Waals surface area contributed by atoms with Gasteiger partial charge in [0.25, 0.3) is 5.95 Å². The van der Waals surface area contributed by atoms with Crippen LogP contribution in [-0.2, 0) is 0 Å². The number of benzene rings is 1. The van der Waals surface area contributed by atoms with Crippen LogP contribution >= 0.6 is 0 Å². The molecule has 0 aliphatic carbocycles. The Morgan fingerprint density at radius 1 is 1.20 bits per heavy atom. The summed E-state index contributed by atoms with van der Waals surface area (Å²) in [4.78, 5) is 7.87. The van der Waals surface area contributed by atoms with Gasteiger partial charge in [-0.3, -0.25) is 0 Å². The van der Waals surface area contributed by atoms with E-state index >= 15 is 0 Å². The van der Waals surface area contributed by atoms with Gasteiger partial charge in [0.05, 0.1) is 5.56 Å². The number of nitrogens with zero attached hydrogens (tertiary/aromatic N) is 5. The van der Waals surface area contributed by atoms with Crippen LogP contribution in [-0.4, -0.2) is 25.3 Å². The number of hydrogen-bond donors (Lipinski definition) is 2. The van der Waals surface area contributed by atoms with Crippen molar-refractivity contribution in [3.8, 4) is 11.4 Å². The highest BCUT2D eigenvalue weighted by Gasteiger charge is 2.12. The lowest BCUT2D eigenvalue weighted by Crippen LogP contribution is -2.06. The topological polar surface area (TPSA) is 116 Å². The molecular weight excluding hydrogens is 265 g/mol. The first-order valence-electron chi connectivity index (χ1n) is 5.52. The second kappa shape index (κ2) is 4.88. The van der Waals surface area contributed by atoms with Crippen molar-refractivity contribution >= 4 is 17.6 Å². The van der Waals surface area contributed by atoms with Crippen molar-refractivity contribution in [3.63, 3.8) is 0 Å². The molecule has 0 saturated heterocycles. The highest BCUT2D eigenvalue weighted by Crippen LogP contribution is 2.22. The average Bonchev–Trinajstić information content (AvgIpc) is 2.95. The molecule has 0 amide bonds. The van der Waals surface area contributed by atoms with Gasteiger partial charge < -0.3 is 15.6 Å². The monoisotopic (exact) mass is 273 g/mol. The molecule has 1 aromatic carbocycles. The van der Waals surface area contributed by atoms with Crippen molar-refractivity contribution < 1.29 is 8.91 Å². The fourth-order valence-corrected chi connectivity index (χ4v) is 1.51. The Kier molecular flexibility index (Phi) is 2.92. The largest absolute Gasteiger partial charge is 0.379 e. The predicted octanol–water partition coefficient (Wildman–Crippen LogP) is 1.39. The predicted molar refractivity (Wildman–Crippen MR) is 67.2 cm³/mol. The number of nitrogens with one attached hydrogen (secondary N) is 1. The fourth-order valence-electron chi connectivity index (χ4n) is 1.51. The van der Waals surface area contributed by atoms with Crippen molar-refractivity contribution in [2.24, 2.45) is 0 Å². The summed E-state index contributed by atoms with van der Waals surface area (Å²) in [5.74, 6) is 0.0131. The molecule has 0 aliphatic heterocycles. The number of halogens is 1. The molecule has 2 aromatic heterocycles. The van der Waals surface area contributed by atoms with E-state index in [0.717, 1.165) is 6.39 Å². The molecular formula is C11H8FN7O. The third-order valence-electron chi connectivity index (χ3n) is 2.42. The fraction of sp³-hybridized carbons (Fsp3) is 0. The zero-order valence-electron chi connectivity index (χ0n) is 9.99. The summed E-state index contributed by atoms with van der Waals surface area (Å²) in [6.07, 6.45) is 1.14. The maximum Gasteiger partial charge on any atom is 0.268 e. The van der Waals surface area contributed by atoms with Crippen LogP contribution in [0.1, 0.15) is 0 Å². The number of hydrogen-bond acceptors (Lipinski definition) is 8. The summed E-state index contributed by atoms with van der Waals surface area (Å²) in [7, 11) is 0. The molecule has 3 rings (SSSR count). The van der Waals surface area contributed by atoms with Gasteiger partial charge in [-0.15, -0.1) is 10.2 Å². The molecule has 100 valence electrons. The second-order valence-corrected chi connectivity index (χ2v) is 3.73. The van der Waals surface area contributed by atoms with Gasteiger partial charge in [0.15, 0.2) is 17.5 Å². The van der Waals surface area contributed by atoms with E-state index in [1.165, 1.54) is 6.07 Å². The highest BCUT2D eigenvalue weighted by molar-refractivity contribution is 5.65. The van der Waals surface area contributed by atoms with Crippen LogP contribution in [0.3, 0.4) is 0 Å². The molecule has 0 spiro atoms. The summed E-state index contributed by atoms with van der Waals surface area (Å²) in [6.45, 7) is 0. The third kappa shape index (κ3) is 2.23. The van der Waals surface area contributed by atoms with E-state index in [1.54, 1.807) is 18.2 Å². The highest BCUT2D eigenvalue weighted by atomic mass is 19.1. The number of anilines is 3. The van der Waals surface area contributed by atoms with E-state index in [1.807, 2.05) is 0 Å². The quantitative estimate of drug-likeness (QED) is 0.735. The van der Waals surface area contributed by atoms with Gasteiger partial charge in [-0.1, -0.05) is 12.1 Å². The second-order valence-electron chi connectivity index (χ2n) is 3.73. The number of rotatable bonds is 3. The number of nitrogens with two attached hydrogens (primary N) is 1. The third-order valence-corrected chi connectivity index (χ3v) is 2.42. The van der Waals surface area contributed by atoms with Crippen LogP contribution in [0.15, 0.2) is 35.2 Å².